The number of benzene rings is 1. The molecule has 0 aliphatic rings. The topological polar surface area (TPSA) is 56.8 Å². The van der Waals surface area contributed by atoms with E-state index in [0.29, 0.717) is 0 Å². The van der Waals surface area contributed by atoms with Crippen LogP contribution in [-0.2, 0) is 6.54 Å². The first-order valence-corrected chi connectivity index (χ1v) is 6.65. The first kappa shape index (κ1) is 13.7. The molecule has 0 bridgehead atoms. The number of hydrogen-bond donors (Lipinski definition) is 2. The Hall–Kier alpha value is -1.72. The first-order valence-electron chi connectivity index (χ1n) is 6.65. The number of H-pyrrole nitrogens is 1. The minimum Gasteiger partial charge on any atom is -0.310 e. The van der Waals surface area contributed by atoms with E-state index < -0.39 is 0 Å². The lowest BCUT2D eigenvalue weighted by molar-refractivity contribution is 0.348. The summed E-state index contributed by atoms with van der Waals surface area (Å²) >= 11 is 0. The van der Waals surface area contributed by atoms with Gasteiger partial charge in [-0.05, 0) is 13.6 Å². The second-order valence-electron chi connectivity index (χ2n) is 4.56. The zero-order valence-corrected chi connectivity index (χ0v) is 11.6. The summed E-state index contributed by atoms with van der Waals surface area (Å²) in [6.07, 6.45) is 0. The Labute approximate surface area is 114 Å². The van der Waals surface area contributed by atoms with Crippen LogP contribution in [-0.4, -0.2) is 47.0 Å². The second-order valence-corrected chi connectivity index (χ2v) is 4.56. The maximum absolute atomic E-state index is 4.23. The van der Waals surface area contributed by atoms with Gasteiger partial charge in [0, 0.05) is 25.2 Å². The zero-order valence-electron chi connectivity index (χ0n) is 11.6. The fraction of sp³-hybridized carbons (Fsp3) is 0.429. The van der Waals surface area contributed by atoms with E-state index in [9.17, 15) is 0 Å². The zero-order chi connectivity index (χ0) is 13.5. The minimum atomic E-state index is 0.734. The highest BCUT2D eigenvalue weighted by molar-refractivity contribution is 5.60. The number of likely N-dealkylation sites (N-methyl/N-ethyl adjacent to an activating group) is 1. The SMILES string of the molecule is CCN(C)CCNCc1n[nH]nc1-c1ccccc1. The van der Waals surface area contributed by atoms with Crippen molar-refractivity contribution in [3.63, 3.8) is 0 Å². The number of rotatable bonds is 7. The van der Waals surface area contributed by atoms with Crippen LogP contribution in [0, 0.1) is 0 Å². The highest BCUT2D eigenvalue weighted by atomic mass is 15.3. The summed E-state index contributed by atoms with van der Waals surface area (Å²) in [4.78, 5) is 2.27. The number of aromatic amines is 1. The van der Waals surface area contributed by atoms with Gasteiger partial charge in [-0.25, -0.2) is 0 Å². The van der Waals surface area contributed by atoms with Gasteiger partial charge in [-0.3, -0.25) is 0 Å². The molecule has 5 nitrogen and oxygen atoms in total. The monoisotopic (exact) mass is 259 g/mol. The molecule has 0 unspecified atom stereocenters. The molecular weight excluding hydrogens is 238 g/mol. The lowest BCUT2D eigenvalue weighted by atomic mass is 10.1. The van der Waals surface area contributed by atoms with E-state index >= 15 is 0 Å². The molecule has 5 heteroatoms. The Morgan fingerprint density at radius 2 is 2.00 bits per heavy atom. The summed E-state index contributed by atoms with van der Waals surface area (Å²) in [6, 6.07) is 10.1. The van der Waals surface area contributed by atoms with E-state index in [0.717, 1.165) is 43.1 Å². The molecule has 0 radical (unpaired) electrons. The van der Waals surface area contributed by atoms with Gasteiger partial charge in [0.15, 0.2) is 0 Å². The maximum atomic E-state index is 4.23. The molecule has 19 heavy (non-hydrogen) atoms. The van der Waals surface area contributed by atoms with Crippen molar-refractivity contribution in [2.75, 3.05) is 26.7 Å². The van der Waals surface area contributed by atoms with Crippen LogP contribution in [0.15, 0.2) is 30.3 Å². The van der Waals surface area contributed by atoms with Crippen LogP contribution in [0.25, 0.3) is 11.3 Å². The van der Waals surface area contributed by atoms with E-state index in [1.54, 1.807) is 0 Å². The smallest absolute Gasteiger partial charge is 0.117 e. The molecule has 0 fully saturated rings. The number of nitrogens with zero attached hydrogens (tertiary/aromatic N) is 3. The Balaban J connectivity index is 1.90. The lowest BCUT2D eigenvalue weighted by Gasteiger charge is -2.13. The quantitative estimate of drug-likeness (QED) is 0.740. The van der Waals surface area contributed by atoms with Crippen LogP contribution in [0.3, 0.4) is 0 Å². The van der Waals surface area contributed by atoms with E-state index in [2.05, 4.69) is 39.6 Å². The van der Waals surface area contributed by atoms with Gasteiger partial charge in [0.1, 0.15) is 11.4 Å². The molecule has 2 N–H and O–H groups in total. The standard InChI is InChI=1S/C14H21N5/c1-3-19(2)10-9-15-11-13-14(17-18-16-13)12-7-5-4-6-8-12/h4-8,15H,3,9-11H2,1-2H3,(H,16,17,18). The molecule has 1 heterocycles. The molecule has 102 valence electrons. The molecule has 0 spiro atoms. The van der Waals surface area contributed by atoms with Crippen LogP contribution >= 0.6 is 0 Å². The van der Waals surface area contributed by atoms with Crippen molar-refractivity contribution in [3.8, 4) is 11.3 Å². The van der Waals surface area contributed by atoms with Gasteiger partial charge in [-0.15, -0.1) is 0 Å². The van der Waals surface area contributed by atoms with Crippen LogP contribution < -0.4 is 5.32 Å². The fourth-order valence-electron chi connectivity index (χ4n) is 1.84. The van der Waals surface area contributed by atoms with Crippen LogP contribution in [0.1, 0.15) is 12.6 Å². The highest BCUT2D eigenvalue weighted by Gasteiger charge is 2.09. The van der Waals surface area contributed by atoms with E-state index in [1.165, 1.54) is 0 Å². The molecule has 0 aliphatic heterocycles. The summed E-state index contributed by atoms with van der Waals surface area (Å²) in [6.45, 7) is 5.95. The van der Waals surface area contributed by atoms with Gasteiger partial charge in [-0.1, -0.05) is 37.3 Å². The van der Waals surface area contributed by atoms with Crippen molar-refractivity contribution in [2.45, 2.75) is 13.5 Å². The van der Waals surface area contributed by atoms with Crippen LogP contribution in [0.5, 0.6) is 0 Å². The van der Waals surface area contributed by atoms with Crippen molar-refractivity contribution in [1.29, 1.82) is 0 Å². The number of hydrogen-bond acceptors (Lipinski definition) is 4. The molecule has 0 saturated carbocycles. The lowest BCUT2D eigenvalue weighted by Crippen LogP contribution is -2.28. The molecule has 1 aromatic heterocycles. The Morgan fingerprint density at radius 3 is 2.74 bits per heavy atom. The van der Waals surface area contributed by atoms with Crippen LogP contribution in [0.4, 0.5) is 0 Å². The van der Waals surface area contributed by atoms with Crippen molar-refractivity contribution in [3.05, 3.63) is 36.0 Å². The first-order chi connectivity index (χ1) is 9.31. The third-order valence-corrected chi connectivity index (χ3v) is 3.17. The largest absolute Gasteiger partial charge is 0.310 e. The number of aromatic nitrogens is 3. The predicted octanol–water partition coefficient (Wildman–Crippen LogP) is 1.51. The molecule has 2 rings (SSSR count). The average Bonchev–Trinajstić information content (AvgIpc) is 2.92. The van der Waals surface area contributed by atoms with Crippen molar-refractivity contribution in [2.24, 2.45) is 0 Å². The van der Waals surface area contributed by atoms with Gasteiger partial charge in [0.25, 0.3) is 0 Å². The molecule has 2 aromatic rings. The van der Waals surface area contributed by atoms with Gasteiger partial charge < -0.3 is 10.2 Å². The molecule has 0 amide bonds. The van der Waals surface area contributed by atoms with Gasteiger partial charge in [-0.2, -0.15) is 15.4 Å². The normalized spacial score (nSPS) is 11.1. The highest BCUT2D eigenvalue weighted by Crippen LogP contribution is 2.18. The fourth-order valence-corrected chi connectivity index (χ4v) is 1.84. The molecule has 0 atom stereocenters. The molecule has 1 aromatic carbocycles. The third-order valence-electron chi connectivity index (χ3n) is 3.17. The molecule has 0 aliphatic carbocycles. The summed E-state index contributed by atoms with van der Waals surface area (Å²) in [7, 11) is 2.12. The molecular formula is C14H21N5. The third kappa shape index (κ3) is 3.87. The minimum absolute atomic E-state index is 0.734. The van der Waals surface area contributed by atoms with Gasteiger partial charge in [0.2, 0.25) is 0 Å². The summed E-state index contributed by atoms with van der Waals surface area (Å²) in [5.74, 6) is 0. The molecule has 0 saturated heterocycles. The maximum Gasteiger partial charge on any atom is 0.117 e. The van der Waals surface area contributed by atoms with Crippen LogP contribution in [0.2, 0.25) is 0 Å². The summed E-state index contributed by atoms with van der Waals surface area (Å²) < 4.78 is 0. The second kappa shape index (κ2) is 7.01. The van der Waals surface area contributed by atoms with Crippen molar-refractivity contribution < 1.29 is 0 Å². The number of nitrogens with one attached hydrogen (secondary N) is 2. The Kier molecular flexibility index (Phi) is 5.06. The van der Waals surface area contributed by atoms with Crippen molar-refractivity contribution >= 4 is 0 Å². The van der Waals surface area contributed by atoms with Gasteiger partial charge >= 0.3 is 0 Å². The van der Waals surface area contributed by atoms with E-state index in [1.807, 2.05) is 30.3 Å². The van der Waals surface area contributed by atoms with E-state index in [4.69, 9.17) is 0 Å². The summed E-state index contributed by atoms with van der Waals surface area (Å²) in [5.41, 5.74) is 2.99. The van der Waals surface area contributed by atoms with E-state index in [-0.39, 0.29) is 0 Å². The summed E-state index contributed by atoms with van der Waals surface area (Å²) in [5, 5.41) is 14.6. The average molecular weight is 259 g/mol. The Bertz CT molecular complexity index is 480. The Morgan fingerprint density at radius 1 is 1.21 bits per heavy atom. The van der Waals surface area contributed by atoms with Crippen molar-refractivity contribution in [1.82, 2.24) is 25.6 Å². The predicted molar refractivity (Wildman–Crippen MR) is 76.7 cm³/mol. The van der Waals surface area contributed by atoms with Gasteiger partial charge in [0.05, 0.1) is 0 Å².